The Labute approximate surface area is 109 Å². The Morgan fingerprint density at radius 3 is 2.74 bits per heavy atom. The Morgan fingerprint density at radius 2 is 2.21 bits per heavy atom. The maximum absolute atomic E-state index is 12.7. The van der Waals surface area contributed by atoms with Crippen molar-refractivity contribution in [2.45, 2.75) is 19.6 Å². The number of guanidine groups is 1. The Hall–Kier alpha value is -1.99. The number of nitrogens with zero attached hydrogens (tertiary/aromatic N) is 3. The molecule has 0 aliphatic heterocycles. The highest BCUT2D eigenvalue weighted by Gasteiger charge is 2.36. The van der Waals surface area contributed by atoms with Gasteiger partial charge in [0.1, 0.15) is 0 Å². The first kappa shape index (κ1) is 15.1. The third-order valence-electron chi connectivity index (χ3n) is 2.16. The average molecular weight is 275 g/mol. The van der Waals surface area contributed by atoms with Crippen molar-refractivity contribution in [3.05, 3.63) is 29.6 Å². The van der Waals surface area contributed by atoms with Crippen LogP contribution in [0.25, 0.3) is 0 Å². The van der Waals surface area contributed by atoms with E-state index in [-0.39, 0.29) is 18.1 Å². The minimum Gasteiger partial charge on any atom is -0.370 e. The van der Waals surface area contributed by atoms with E-state index in [4.69, 9.17) is 5.73 Å². The summed E-state index contributed by atoms with van der Waals surface area (Å²) in [5.41, 5.74) is 5.41. The van der Waals surface area contributed by atoms with Gasteiger partial charge in [-0.1, -0.05) is 12.2 Å². The van der Waals surface area contributed by atoms with Crippen LogP contribution in [0.4, 0.5) is 13.2 Å². The number of hydrogen-bond donors (Lipinski definition) is 2. The molecular formula is C11H16F3N5. The van der Waals surface area contributed by atoms with Gasteiger partial charge in [-0.05, 0) is 6.92 Å². The number of halogens is 3. The van der Waals surface area contributed by atoms with Crippen molar-refractivity contribution in [2.24, 2.45) is 17.8 Å². The van der Waals surface area contributed by atoms with Gasteiger partial charge < -0.3 is 11.1 Å². The molecule has 0 unspecified atom stereocenters. The molecule has 1 rings (SSSR count). The van der Waals surface area contributed by atoms with Gasteiger partial charge in [-0.2, -0.15) is 18.3 Å². The number of hydrogen-bond acceptors (Lipinski definition) is 2. The molecule has 0 atom stereocenters. The fraction of sp³-hybridized carbons (Fsp3) is 0.455. The zero-order valence-electron chi connectivity index (χ0n) is 10.8. The molecule has 0 bridgehead atoms. The standard InChI is InChI=1S/C11H16F3N5/c1-7(2)4-16-10(15)17-5-8-6-19(3)18-9(8)11(12,13)14/h6H,1,4-5H2,2-3H3,(H3,15,16,17). The summed E-state index contributed by atoms with van der Waals surface area (Å²) in [4.78, 5) is 3.84. The molecule has 0 saturated heterocycles. The highest BCUT2D eigenvalue weighted by Crippen LogP contribution is 2.30. The van der Waals surface area contributed by atoms with E-state index in [0.29, 0.717) is 6.54 Å². The third-order valence-corrected chi connectivity index (χ3v) is 2.16. The molecular weight excluding hydrogens is 259 g/mol. The second-order valence-electron chi connectivity index (χ2n) is 4.19. The van der Waals surface area contributed by atoms with E-state index in [1.807, 2.05) is 0 Å². The van der Waals surface area contributed by atoms with E-state index in [9.17, 15) is 13.2 Å². The summed E-state index contributed by atoms with van der Waals surface area (Å²) in [6.45, 7) is 5.70. The first-order chi connectivity index (χ1) is 8.70. The van der Waals surface area contributed by atoms with Gasteiger partial charge in [-0.25, -0.2) is 4.99 Å². The third kappa shape index (κ3) is 4.65. The molecule has 19 heavy (non-hydrogen) atoms. The summed E-state index contributed by atoms with van der Waals surface area (Å²) in [5.74, 6) is 0.0694. The van der Waals surface area contributed by atoms with Crippen molar-refractivity contribution in [3.63, 3.8) is 0 Å². The number of rotatable bonds is 4. The maximum atomic E-state index is 12.7. The molecule has 5 nitrogen and oxygen atoms in total. The summed E-state index contributed by atoms with van der Waals surface area (Å²) >= 11 is 0. The predicted molar refractivity (Wildman–Crippen MR) is 66.4 cm³/mol. The maximum Gasteiger partial charge on any atom is 0.435 e. The van der Waals surface area contributed by atoms with Gasteiger partial charge in [0.2, 0.25) is 0 Å². The zero-order chi connectivity index (χ0) is 14.6. The van der Waals surface area contributed by atoms with Gasteiger partial charge in [0.25, 0.3) is 0 Å². The Morgan fingerprint density at radius 1 is 1.58 bits per heavy atom. The van der Waals surface area contributed by atoms with Crippen molar-refractivity contribution in [1.29, 1.82) is 0 Å². The Balaban J connectivity index is 2.77. The van der Waals surface area contributed by atoms with Crippen LogP contribution in [0.2, 0.25) is 0 Å². The lowest BCUT2D eigenvalue weighted by molar-refractivity contribution is -0.142. The molecule has 0 radical (unpaired) electrons. The molecule has 0 aliphatic carbocycles. The number of alkyl halides is 3. The zero-order valence-corrected chi connectivity index (χ0v) is 10.8. The summed E-state index contributed by atoms with van der Waals surface area (Å²) in [6, 6.07) is 0. The van der Waals surface area contributed by atoms with Crippen LogP contribution >= 0.6 is 0 Å². The first-order valence-electron chi connectivity index (χ1n) is 5.48. The SMILES string of the molecule is C=C(C)CNC(N)=NCc1cn(C)nc1C(F)(F)F. The fourth-order valence-electron chi connectivity index (χ4n) is 1.36. The van der Waals surface area contributed by atoms with Crippen molar-refractivity contribution in [2.75, 3.05) is 6.54 Å². The molecule has 0 saturated carbocycles. The minimum absolute atomic E-state index is 0.0184. The van der Waals surface area contributed by atoms with Crippen LogP contribution in [0, 0.1) is 0 Å². The van der Waals surface area contributed by atoms with Crippen LogP contribution in [0.5, 0.6) is 0 Å². The number of nitrogens with two attached hydrogens (primary N) is 1. The number of aryl methyl sites for hydroxylation is 1. The predicted octanol–water partition coefficient (Wildman–Crippen LogP) is 1.42. The van der Waals surface area contributed by atoms with Crippen molar-refractivity contribution in [1.82, 2.24) is 15.1 Å². The van der Waals surface area contributed by atoms with Gasteiger partial charge in [0.15, 0.2) is 11.7 Å². The van der Waals surface area contributed by atoms with E-state index in [1.165, 1.54) is 13.2 Å². The van der Waals surface area contributed by atoms with Gasteiger partial charge in [-0.15, -0.1) is 0 Å². The number of aliphatic imine (C=N–C) groups is 1. The molecule has 1 aromatic rings. The van der Waals surface area contributed by atoms with E-state index < -0.39 is 11.9 Å². The van der Waals surface area contributed by atoms with Gasteiger partial charge >= 0.3 is 6.18 Å². The van der Waals surface area contributed by atoms with Gasteiger partial charge in [0.05, 0.1) is 6.54 Å². The normalized spacial score (nSPS) is 12.6. The summed E-state index contributed by atoms with van der Waals surface area (Å²) < 4.78 is 39.1. The van der Waals surface area contributed by atoms with E-state index >= 15 is 0 Å². The lowest BCUT2D eigenvalue weighted by atomic mass is 10.2. The molecule has 8 heteroatoms. The first-order valence-corrected chi connectivity index (χ1v) is 5.48. The quantitative estimate of drug-likeness (QED) is 0.496. The van der Waals surface area contributed by atoms with E-state index in [2.05, 4.69) is 22.0 Å². The molecule has 0 spiro atoms. The molecule has 0 amide bonds. The van der Waals surface area contributed by atoms with Crippen molar-refractivity contribution < 1.29 is 13.2 Å². The van der Waals surface area contributed by atoms with Crippen LogP contribution in [0.15, 0.2) is 23.3 Å². The van der Waals surface area contributed by atoms with Gasteiger partial charge in [-0.3, -0.25) is 4.68 Å². The van der Waals surface area contributed by atoms with Crippen LogP contribution < -0.4 is 11.1 Å². The molecule has 1 aromatic heterocycles. The number of nitrogens with one attached hydrogen (secondary N) is 1. The average Bonchev–Trinajstić information content (AvgIpc) is 2.65. The fourth-order valence-corrected chi connectivity index (χ4v) is 1.36. The van der Waals surface area contributed by atoms with E-state index in [1.54, 1.807) is 6.92 Å². The molecule has 1 heterocycles. The highest BCUT2D eigenvalue weighted by molar-refractivity contribution is 5.78. The minimum atomic E-state index is -4.49. The van der Waals surface area contributed by atoms with Crippen LogP contribution in [0.3, 0.4) is 0 Å². The van der Waals surface area contributed by atoms with Crippen molar-refractivity contribution in [3.8, 4) is 0 Å². The van der Waals surface area contributed by atoms with E-state index in [0.717, 1.165) is 10.3 Å². The summed E-state index contributed by atoms with van der Waals surface area (Å²) in [7, 11) is 1.42. The Kier molecular flexibility index (Phi) is 4.57. The largest absolute Gasteiger partial charge is 0.435 e. The smallest absolute Gasteiger partial charge is 0.370 e. The van der Waals surface area contributed by atoms with Crippen LogP contribution in [-0.4, -0.2) is 22.3 Å². The van der Waals surface area contributed by atoms with Gasteiger partial charge in [0, 0.05) is 25.4 Å². The Bertz CT molecular complexity index is 487. The molecule has 0 fully saturated rings. The lowest BCUT2D eigenvalue weighted by Gasteiger charge is -2.06. The van der Waals surface area contributed by atoms with Crippen LogP contribution in [0.1, 0.15) is 18.2 Å². The highest BCUT2D eigenvalue weighted by atomic mass is 19.4. The van der Waals surface area contributed by atoms with Crippen molar-refractivity contribution >= 4 is 5.96 Å². The summed E-state index contributed by atoms with van der Waals surface area (Å²) in [6.07, 6.45) is -3.22. The second kappa shape index (κ2) is 5.77. The molecule has 106 valence electrons. The molecule has 0 aromatic carbocycles. The monoisotopic (exact) mass is 275 g/mol. The second-order valence-corrected chi connectivity index (χ2v) is 4.19. The summed E-state index contributed by atoms with van der Waals surface area (Å²) in [5, 5.41) is 6.12. The molecule has 0 aliphatic rings. The molecule has 3 N–H and O–H groups in total. The lowest BCUT2D eigenvalue weighted by Crippen LogP contribution is -2.32. The van der Waals surface area contributed by atoms with Crippen LogP contribution in [-0.2, 0) is 19.8 Å². The number of aromatic nitrogens is 2. The topological polar surface area (TPSA) is 68.2 Å².